The lowest BCUT2D eigenvalue weighted by molar-refractivity contribution is -0.103. The Balaban J connectivity index is 1.73. The number of aromatic nitrogens is 1. The Hall–Kier alpha value is -1.17. The second kappa shape index (κ2) is 4.84. The summed E-state index contributed by atoms with van der Waals surface area (Å²) in [6, 6.07) is 2.25. The maximum atomic E-state index is 10.4. The van der Waals surface area contributed by atoms with Crippen LogP contribution in [0, 0.1) is 0 Å². The summed E-state index contributed by atoms with van der Waals surface area (Å²) in [4.78, 5) is 6.43. The lowest BCUT2D eigenvalue weighted by Crippen LogP contribution is -2.48. The van der Waals surface area contributed by atoms with Crippen molar-refractivity contribution in [3.8, 4) is 0 Å². The number of nitrogens with two attached hydrogens (primary N) is 1. The van der Waals surface area contributed by atoms with Crippen molar-refractivity contribution in [3.05, 3.63) is 24.0 Å². The van der Waals surface area contributed by atoms with E-state index in [1.54, 1.807) is 18.5 Å². The van der Waals surface area contributed by atoms with Crippen LogP contribution in [0.5, 0.6) is 0 Å². The van der Waals surface area contributed by atoms with E-state index in [0.717, 1.165) is 13.1 Å². The van der Waals surface area contributed by atoms with E-state index in [0.29, 0.717) is 23.9 Å². The SMILES string of the molecule is Nc1ccncc1C(O)C1CN2CCCC2CO1. The van der Waals surface area contributed by atoms with Crippen LogP contribution in [-0.4, -0.2) is 46.8 Å². The zero-order chi connectivity index (χ0) is 12.5. The second-order valence-electron chi connectivity index (χ2n) is 5.11. The average molecular weight is 249 g/mol. The van der Waals surface area contributed by atoms with E-state index in [1.165, 1.54) is 12.8 Å². The number of rotatable bonds is 2. The lowest BCUT2D eigenvalue weighted by Gasteiger charge is -2.37. The lowest BCUT2D eigenvalue weighted by atomic mass is 10.0. The molecule has 1 aromatic heterocycles. The van der Waals surface area contributed by atoms with Crippen molar-refractivity contribution in [1.29, 1.82) is 0 Å². The van der Waals surface area contributed by atoms with Gasteiger partial charge in [0.1, 0.15) is 12.2 Å². The molecule has 3 unspecified atom stereocenters. The number of aliphatic hydroxyl groups is 1. The van der Waals surface area contributed by atoms with Gasteiger partial charge in [-0.2, -0.15) is 0 Å². The van der Waals surface area contributed by atoms with Crippen LogP contribution in [0.25, 0.3) is 0 Å². The fraction of sp³-hybridized carbons (Fsp3) is 0.615. The molecule has 5 heteroatoms. The average Bonchev–Trinajstić information content (AvgIpc) is 2.85. The van der Waals surface area contributed by atoms with Crippen molar-refractivity contribution in [2.45, 2.75) is 31.1 Å². The van der Waals surface area contributed by atoms with Gasteiger partial charge in [0.05, 0.1) is 6.61 Å². The first kappa shape index (κ1) is 11.9. The van der Waals surface area contributed by atoms with Crippen LogP contribution in [0.1, 0.15) is 24.5 Å². The highest BCUT2D eigenvalue weighted by Crippen LogP contribution is 2.30. The minimum atomic E-state index is -0.694. The minimum absolute atomic E-state index is 0.203. The molecule has 18 heavy (non-hydrogen) atoms. The summed E-state index contributed by atoms with van der Waals surface area (Å²) >= 11 is 0. The third-order valence-corrected chi connectivity index (χ3v) is 3.97. The molecule has 0 radical (unpaired) electrons. The molecule has 1 aromatic rings. The largest absolute Gasteiger partial charge is 0.398 e. The Morgan fingerprint density at radius 3 is 3.28 bits per heavy atom. The number of morpholine rings is 1. The standard InChI is InChI=1S/C13H19N3O2/c14-11-3-4-15-6-10(11)13(17)12-7-16-5-1-2-9(16)8-18-12/h3-4,6,9,12-13,17H,1-2,5,7-8H2,(H2,14,15). The molecule has 0 aromatic carbocycles. The van der Waals surface area contributed by atoms with E-state index in [2.05, 4.69) is 9.88 Å². The smallest absolute Gasteiger partial charge is 0.110 e. The zero-order valence-electron chi connectivity index (χ0n) is 10.3. The van der Waals surface area contributed by atoms with Gasteiger partial charge in [0, 0.05) is 36.2 Å². The van der Waals surface area contributed by atoms with Crippen molar-refractivity contribution in [2.24, 2.45) is 0 Å². The van der Waals surface area contributed by atoms with Crippen LogP contribution in [-0.2, 0) is 4.74 Å². The first-order valence-electron chi connectivity index (χ1n) is 6.49. The minimum Gasteiger partial charge on any atom is -0.398 e. The fourth-order valence-corrected chi connectivity index (χ4v) is 2.90. The summed E-state index contributed by atoms with van der Waals surface area (Å²) in [6.45, 7) is 2.60. The van der Waals surface area contributed by atoms with Crippen LogP contribution in [0.15, 0.2) is 18.5 Å². The van der Waals surface area contributed by atoms with Crippen LogP contribution < -0.4 is 5.73 Å². The van der Waals surface area contributed by atoms with Crippen molar-refractivity contribution in [3.63, 3.8) is 0 Å². The molecule has 2 aliphatic heterocycles. The predicted octanol–water partition coefficient (Wildman–Crippen LogP) is 0.560. The summed E-state index contributed by atoms with van der Waals surface area (Å²) in [5.41, 5.74) is 7.11. The number of nitrogen functional groups attached to an aromatic ring is 1. The molecule has 98 valence electrons. The number of ether oxygens (including phenoxy) is 1. The summed E-state index contributed by atoms with van der Waals surface area (Å²) in [6.07, 6.45) is 4.79. The Kier molecular flexibility index (Phi) is 3.20. The molecule has 0 bridgehead atoms. The Morgan fingerprint density at radius 2 is 2.44 bits per heavy atom. The number of fused-ring (bicyclic) bond motifs is 1. The summed E-state index contributed by atoms with van der Waals surface area (Å²) in [7, 11) is 0. The number of hydrogen-bond donors (Lipinski definition) is 2. The number of pyridine rings is 1. The van der Waals surface area contributed by atoms with Gasteiger partial charge >= 0.3 is 0 Å². The Bertz CT molecular complexity index is 426. The highest BCUT2D eigenvalue weighted by atomic mass is 16.5. The molecule has 3 N–H and O–H groups in total. The van der Waals surface area contributed by atoms with Crippen molar-refractivity contribution >= 4 is 5.69 Å². The van der Waals surface area contributed by atoms with E-state index in [9.17, 15) is 5.11 Å². The van der Waals surface area contributed by atoms with Crippen LogP contribution in [0.3, 0.4) is 0 Å². The molecule has 3 heterocycles. The van der Waals surface area contributed by atoms with Gasteiger partial charge in [-0.05, 0) is 25.5 Å². The van der Waals surface area contributed by atoms with Crippen molar-refractivity contribution in [1.82, 2.24) is 9.88 Å². The van der Waals surface area contributed by atoms with Gasteiger partial charge in [-0.25, -0.2) is 0 Å². The molecule has 2 aliphatic rings. The van der Waals surface area contributed by atoms with Gasteiger partial charge in [-0.1, -0.05) is 0 Å². The molecular formula is C13H19N3O2. The van der Waals surface area contributed by atoms with E-state index in [-0.39, 0.29) is 6.10 Å². The molecule has 2 fully saturated rings. The van der Waals surface area contributed by atoms with Gasteiger partial charge < -0.3 is 15.6 Å². The normalized spacial score (nSPS) is 30.1. The molecule has 0 amide bonds. The molecule has 2 saturated heterocycles. The third kappa shape index (κ3) is 2.09. The van der Waals surface area contributed by atoms with Gasteiger partial charge in [-0.15, -0.1) is 0 Å². The predicted molar refractivity (Wildman–Crippen MR) is 67.9 cm³/mol. The van der Waals surface area contributed by atoms with Crippen molar-refractivity contribution < 1.29 is 9.84 Å². The fourth-order valence-electron chi connectivity index (χ4n) is 2.90. The number of hydrogen-bond acceptors (Lipinski definition) is 5. The highest BCUT2D eigenvalue weighted by molar-refractivity contribution is 5.46. The van der Waals surface area contributed by atoms with Gasteiger partial charge in [0.25, 0.3) is 0 Å². The first-order valence-corrected chi connectivity index (χ1v) is 6.49. The summed E-state index contributed by atoms with van der Waals surface area (Å²) in [5.74, 6) is 0. The third-order valence-electron chi connectivity index (χ3n) is 3.97. The van der Waals surface area contributed by atoms with Crippen LogP contribution in [0.4, 0.5) is 5.69 Å². The van der Waals surface area contributed by atoms with Crippen LogP contribution in [0.2, 0.25) is 0 Å². The van der Waals surface area contributed by atoms with E-state index in [1.807, 2.05) is 0 Å². The van der Waals surface area contributed by atoms with Crippen molar-refractivity contribution in [2.75, 3.05) is 25.4 Å². The number of aliphatic hydroxyl groups excluding tert-OH is 1. The maximum absolute atomic E-state index is 10.4. The van der Waals surface area contributed by atoms with E-state index in [4.69, 9.17) is 10.5 Å². The number of nitrogens with zero attached hydrogens (tertiary/aromatic N) is 2. The second-order valence-corrected chi connectivity index (χ2v) is 5.11. The zero-order valence-corrected chi connectivity index (χ0v) is 10.3. The quantitative estimate of drug-likeness (QED) is 0.801. The van der Waals surface area contributed by atoms with Gasteiger partial charge in [-0.3, -0.25) is 9.88 Å². The topological polar surface area (TPSA) is 71.6 Å². The monoisotopic (exact) mass is 249 g/mol. The van der Waals surface area contributed by atoms with Gasteiger partial charge in [0.15, 0.2) is 0 Å². The molecule has 0 saturated carbocycles. The first-order chi connectivity index (χ1) is 8.75. The number of anilines is 1. The molecule has 0 aliphatic carbocycles. The van der Waals surface area contributed by atoms with Crippen LogP contribution >= 0.6 is 0 Å². The molecule has 5 nitrogen and oxygen atoms in total. The Labute approximate surface area is 107 Å². The van der Waals surface area contributed by atoms with E-state index < -0.39 is 6.10 Å². The summed E-state index contributed by atoms with van der Waals surface area (Å²) < 4.78 is 5.79. The maximum Gasteiger partial charge on any atom is 0.110 e. The molecule has 0 spiro atoms. The molecule has 3 rings (SSSR count). The Morgan fingerprint density at radius 1 is 1.56 bits per heavy atom. The highest BCUT2D eigenvalue weighted by Gasteiger charge is 2.36. The molecular weight excluding hydrogens is 230 g/mol. The summed E-state index contributed by atoms with van der Waals surface area (Å²) in [5, 5.41) is 10.4. The molecule has 3 atom stereocenters. The van der Waals surface area contributed by atoms with E-state index >= 15 is 0 Å². The van der Waals surface area contributed by atoms with Gasteiger partial charge in [0.2, 0.25) is 0 Å².